The molecule has 2 heterocycles. The van der Waals surface area contributed by atoms with Gasteiger partial charge in [0.15, 0.2) is 5.17 Å². The lowest BCUT2D eigenvalue weighted by Gasteiger charge is -2.30. The smallest absolute Gasteiger partial charge is 0.154 e. The molecular formula is C13H16N2OS. The third kappa shape index (κ3) is 1.90. The van der Waals surface area contributed by atoms with Gasteiger partial charge in [-0.2, -0.15) is 0 Å². The quantitative estimate of drug-likeness (QED) is 0.829. The van der Waals surface area contributed by atoms with Gasteiger partial charge in [-0.3, -0.25) is 4.99 Å². The molecule has 0 amide bonds. The Labute approximate surface area is 105 Å². The molecule has 0 bridgehead atoms. The first-order valence-corrected chi connectivity index (χ1v) is 6.90. The predicted octanol–water partition coefficient (Wildman–Crippen LogP) is 2.29. The Morgan fingerprint density at radius 2 is 2.35 bits per heavy atom. The normalized spacial score (nSPS) is 27.2. The zero-order valence-corrected chi connectivity index (χ0v) is 10.7. The van der Waals surface area contributed by atoms with Crippen LogP contribution in [-0.4, -0.2) is 17.5 Å². The molecule has 0 aliphatic carbocycles. The first-order chi connectivity index (χ1) is 8.17. The average Bonchev–Trinajstić information content (AvgIpc) is 2.75. The summed E-state index contributed by atoms with van der Waals surface area (Å²) in [6.07, 6.45) is 2.05. The van der Waals surface area contributed by atoms with Gasteiger partial charge in [-0.15, -0.1) is 0 Å². The van der Waals surface area contributed by atoms with Crippen molar-refractivity contribution in [2.75, 3.05) is 12.4 Å². The van der Waals surface area contributed by atoms with Gasteiger partial charge in [0.1, 0.15) is 5.75 Å². The van der Waals surface area contributed by atoms with Crippen molar-refractivity contribution in [1.82, 2.24) is 0 Å². The minimum atomic E-state index is -0.160. The van der Waals surface area contributed by atoms with Gasteiger partial charge < -0.3 is 10.5 Å². The van der Waals surface area contributed by atoms with Crippen LogP contribution in [0.1, 0.15) is 24.5 Å². The Kier molecular flexibility index (Phi) is 2.54. The number of ether oxygens (including phenoxy) is 1. The summed E-state index contributed by atoms with van der Waals surface area (Å²) in [5.74, 6) is 2.07. The van der Waals surface area contributed by atoms with Crippen LogP contribution in [-0.2, 0) is 12.0 Å². The highest BCUT2D eigenvalue weighted by Crippen LogP contribution is 2.37. The van der Waals surface area contributed by atoms with E-state index in [2.05, 4.69) is 30.1 Å². The van der Waals surface area contributed by atoms with Crippen LogP contribution in [0.25, 0.3) is 0 Å². The third-order valence-electron chi connectivity index (χ3n) is 3.51. The monoisotopic (exact) mass is 248 g/mol. The second-order valence-electron chi connectivity index (χ2n) is 4.74. The van der Waals surface area contributed by atoms with Crippen LogP contribution in [0.3, 0.4) is 0 Å². The van der Waals surface area contributed by atoms with E-state index < -0.39 is 0 Å². The maximum absolute atomic E-state index is 5.85. The molecule has 2 aliphatic rings. The number of nitrogens with two attached hydrogens (primary N) is 1. The molecule has 1 unspecified atom stereocenters. The van der Waals surface area contributed by atoms with Crippen LogP contribution in [0.4, 0.5) is 0 Å². The van der Waals surface area contributed by atoms with Gasteiger partial charge >= 0.3 is 0 Å². The summed E-state index contributed by atoms with van der Waals surface area (Å²) < 4.78 is 5.53. The van der Waals surface area contributed by atoms with Gasteiger partial charge in [0.2, 0.25) is 0 Å². The van der Waals surface area contributed by atoms with E-state index in [0.717, 1.165) is 31.0 Å². The summed E-state index contributed by atoms with van der Waals surface area (Å²) >= 11 is 1.64. The van der Waals surface area contributed by atoms with Crippen molar-refractivity contribution in [2.24, 2.45) is 10.7 Å². The number of benzene rings is 1. The molecule has 0 radical (unpaired) electrons. The van der Waals surface area contributed by atoms with Crippen molar-refractivity contribution in [3.63, 3.8) is 0 Å². The number of hydrogen-bond donors (Lipinski definition) is 1. The molecule has 1 aromatic rings. The van der Waals surface area contributed by atoms with Crippen LogP contribution in [0.5, 0.6) is 5.75 Å². The van der Waals surface area contributed by atoms with Gasteiger partial charge in [0.05, 0.1) is 12.1 Å². The molecule has 1 atom stereocenters. The predicted molar refractivity (Wildman–Crippen MR) is 71.7 cm³/mol. The number of hydrogen-bond acceptors (Lipinski definition) is 4. The Morgan fingerprint density at radius 1 is 1.47 bits per heavy atom. The molecule has 3 nitrogen and oxygen atoms in total. The van der Waals surface area contributed by atoms with E-state index in [1.807, 2.05) is 0 Å². The number of thioether (sulfide) groups is 1. The summed E-state index contributed by atoms with van der Waals surface area (Å²) in [4.78, 5) is 4.63. The molecule has 0 saturated heterocycles. The van der Waals surface area contributed by atoms with E-state index in [1.165, 1.54) is 11.1 Å². The lowest BCUT2D eigenvalue weighted by molar-refractivity contribution is 0.356. The van der Waals surface area contributed by atoms with Gasteiger partial charge in [-0.25, -0.2) is 0 Å². The lowest BCUT2D eigenvalue weighted by Crippen LogP contribution is -2.28. The zero-order chi connectivity index (χ0) is 11.9. The molecule has 1 aromatic carbocycles. The van der Waals surface area contributed by atoms with E-state index >= 15 is 0 Å². The molecule has 0 aromatic heterocycles. The summed E-state index contributed by atoms with van der Waals surface area (Å²) in [6.45, 7) is 2.97. The molecule has 4 heteroatoms. The molecule has 2 aliphatic heterocycles. The van der Waals surface area contributed by atoms with Gasteiger partial charge in [0, 0.05) is 12.2 Å². The zero-order valence-electron chi connectivity index (χ0n) is 9.90. The minimum absolute atomic E-state index is 0.160. The number of fused-ring (bicyclic) bond motifs is 1. The Bertz CT molecular complexity index is 486. The van der Waals surface area contributed by atoms with Gasteiger partial charge in [-0.05, 0) is 36.6 Å². The molecule has 0 spiro atoms. The van der Waals surface area contributed by atoms with Crippen LogP contribution < -0.4 is 10.5 Å². The third-order valence-corrected chi connectivity index (χ3v) is 4.30. The van der Waals surface area contributed by atoms with Crippen LogP contribution in [0.15, 0.2) is 23.2 Å². The fourth-order valence-electron chi connectivity index (χ4n) is 2.42. The van der Waals surface area contributed by atoms with Crippen molar-refractivity contribution < 1.29 is 4.74 Å². The van der Waals surface area contributed by atoms with Crippen LogP contribution >= 0.6 is 11.8 Å². The van der Waals surface area contributed by atoms with Crippen LogP contribution in [0.2, 0.25) is 0 Å². The van der Waals surface area contributed by atoms with Crippen molar-refractivity contribution in [3.05, 3.63) is 29.3 Å². The van der Waals surface area contributed by atoms with Crippen molar-refractivity contribution in [1.29, 1.82) is 0 Å². The standard InChI is InChI=1S/C13H16N2OS/c1-13(5-7-17-12(14)15-13)10-2-3-11-9(8-10)4-6-16-11/h2-3,8H,4-7H2,1H3,(H2,14,15). The second kappa shape index (κ2) is 3.95. The summed E-state index contributed by atoms with van der Waals surface area (Å²) in [7, 11) is 0. The number of rotatable bonds is 1. The lowest BCUT2D eigenvalue weighted by atomic mass is 9.88. The molecule has 3 rings (SSSR count). The van der Waals surface area contributed by atoms with Crippen LogP contribution in [0, 0.1) is 0 Å². The first kappa shape index (κ1) is 11.0. The van der Waals surface area contributed by atoms with Crippen molar-refractivity contribution >= 4 is 16.9 Å². The highest BCUT2D eigenvalue weighted by molar-refractivity contribution is 8.13. The van der Waals surface area contributed by atoms with Gasteiger partial charge in [0.25, 0.3) is 0 Å². The number of amidine groups is 1. The van der Waals surface area contributed by atoms with Gasteiger partial charge in [-0.1, -0.05) is 17.8 Å². The summed E-state index contributed by atoms with van der Waals surface area (Å²) in [5.41, 5.74) is 8.25. The van der Waals surface area contributed by atoms with E-state index in [9.17, 15) is 0 Å². The highest BCUT2D eigenvalue weighted by Gasteiger charge is 2.30. The Balaban J connectivity index is 2.01. The topological polar surface area (TPSA) is 47.6 Å². The SMILES string of the molecule is CC1(c2ccc3c(c2)CCO3)CCSC(N)=N1. The molecule has 90 valence electrons. The maximum Gasteiger partial charge on any atom is 0.154 e. The second-order valence-corrected chi connectivity index (χ2v) is 5.86. The average molecular weight is 248 g/mol. The minimum Gasteiger partial charge on any atom is -0.493 e. The van der Waals surface area contributed by atoms with E-state index in [0.29, 0.717) is 5.17 Å². The van der Waals surface area contributed by atoms with E-state index in [-0.39, 0.29) is 5.54 Å². The molecule has 0 saturated carbocycles. The summed E-state index contributed by atoms with van der Waals surface area (Å²) in [5, 5.41) is 0.704. The number of aliphatic imine (C=N–C) groups is 1. The highest BCUT2D eigenvalue weighted by atomic mass is 32.2. The summed E-state index contributed by atoms with van der Waals surface area (Å²) in [6, 6.07) is 6.42. The fourth-order valence-corrected chi connectivity index (χ4v) is 3.39. The molecular weight excluding hydrogens is 232 g/mol. The fraction of sp³-hybridized carbons (Fsp3) is 0.462. The molecule has 2 N–H and O–H groups in total. The van der Waals surface area contributed by atoms with Crippen molar-refractivity contribution in [2.45, 2.75) is 25.3 Å². The van der Waals surface area contributed by atoms with E-state index in [1.54, 1.807) is 11.8 Å². The largest absolute Gasteiger partial charge is 0.493 e. The molecule has 0 fully saturated rings. The first-order valence-electron chi connectivity index (χ1n) is 5.92. The van der Waals surface area contributed by atoms with E-state index in [4.69, 9.17) is 10.5 Å². The molecule has 17 heavy (non-hydrogen) atoms. The Hall–Kier alpha value is -1.16. The Morgan fingerprint density at radius 3 is 3.18 bits per heavy atom. The number of nitrogens with zero attached hydrogens (tertiary/aromatic N) is 1. The van der Waals surface area contributed by atoms with Crippen molar-refractivity contribution in [3.8, 4) is 5.75 Å². The maximum atomic E-state index is 5.85.